The van der Waals surface area contributed by atoms with Crippen LogP contribution in [0.5, 0.6) is 0 Å². The maximum atomic E-state index is 9.45. The number of rotatable bonds is 7. The van der Waals surface area contributed by atoms with Gasteiger partial charge in [-0.1, -0.05) is 11.8 Å². The summed E-state index contributed by atoms with van der Waals surface area (Å²) in [6, 6.07) is 2.01. The smallest absolute Gasteiger partial charge is 0.189 e. The molecule has 2 heterocycles. The fourth-order valence-corrected chi connectivity index (χ4v) is 3.45. The summed E-state index contributed by atoms with van der Waals surface area (Å²) in [5, 5.41) is 15.5. The first-order chi connectivity index (χ1) is 10.4. The van der Waals surface area contributed by atoms with Crippen molar-refractivity contribution in [3.63, 3.8) is 0 Å². The van der Waals surface area contributed by atoms with Crippen molar-refractivity contribution < 1.29 is 9.53 Å². The van der Waals surface area contributed by atoms with Crippen molar-refractivity contribution >= 4 is 42.9 Å². The zero-order chi connectivity index (χ0) is 16.2. The van der Waals surface area contributed by atoms with Crippen molar-refractivity contribution in [3.8, 4) is 0 Å². The molecule has 0 aliphatic heterocycles. The highest BCUT2D eigenvalue weighted by atomic mass is 32.2. The lowest BCUT2D eigenvalue weighted by Crippen LogP contribution is -2.24. The molecule has 0 saturated heterocycles. The van der Waals surface area contributed by atoms with Gasteiger partial charge in [-0.05, 0) is 37.3 Å². The zero-order valence-corrected chi connectivity index (χ0v) is 15.8. The van der Waals surface area contributed by atoms with Crippen molar-refractivity contribution in [2.45, 2.75) is 38.0 Å². The number of nitrogens with one attached hydrogen (secondary N) is 1. The Bertz CT molecular complexity index is 629. The normalized spacial score (nSPS) is 11.7. The predicted octanol–water partition coefficient (Wildman–Crippen LogP) is 3.85. The van der Waals surface area contributed by atoms with Crippen molar-refractivity contribution in [1.82, 2.24) is 9.97 Å². The molecule has 0 aliphatic rings. The van der Waals surface area contributed by atoms with E-state index in [1.807, 2.05) is 17.7 Å². The van der Waals surface area contributed by atoms with Gasteiger partial charge in [0.1, 0.15) is 5.82 Å². The van der Waals surface area contributed by atoms with Crippen LogP contribution in [0.1, 0.15) is 10.4 Å². The first-order valence-electron chi connectivity index (χ1n) is 6.91. The fraction of sp³-hybridized carbons (Fsp3) is 0.429. The molecule has 2 aromatic heterocycles. The molecule has 0 bridgehead atoms. The summed E-state index contributed by atoms with van der Waals surface area (Å²) in [4.78, 5) is 9.76. The summed E-state index contributed by atoms with van der Waals surface area (Å²) in [5.41, 5.74) is 1.66. The molecule has 22 heavy (non-hydrogen) atoms. The van der Waals surface area contributed by atoms with E-state index in [2.05, 4.69) is 34.9 Å². The third-order valence-electron chi connectivity index (χ3n) is 2.83. The molecule has 120 valence electrons. The highest BCUT2D eigenvalue weighted by molar-refractivity contribution is 7.98. The summed E-state index contributed by atoms with van der Waals surface area (Å²) in [6.07, 6.45) is 3.58. The van der Waals surface area contributed by atoms with Gasteiger partial charge in [-0.15, -0.1) is 11.3 Å². The third-order valence-corrected chi connectivity index (χ3v) is 5.30. The Morgan fingerprint density at radius 1 is 1.41 bits per heavy atom. The molecule has 8 heteroatoms. The van der Waals surface area contributed by atoms with Crippen LogP contribution in [0.4, 0.5) is 11.5 Å². The Morgan fingerprint density at radius 3 is 2.82 bits per heavy atom. The predicted molar refractivity (Wildman–Crippen MR) is 95.5 cm³/mol. The molecule has 2 N–H and O–H groups in total. The minimum Gasteiger partial charge on any atom is -0.412 e. The highest BCUT2D eigenvalue weighted by Gasteiger charge is 2.16. The maximum Gasteiger partial charge on any atom is 0.189 e. The number of thioether (sulfide) groups is 1. The number of nitrogens with zero attached hydrogens (tertiary/aromatic N) is 2. The van der Waals surface area contributed by atoms with E-state index in [0.29, 0.717) is 23.1 Å². The van der Waals surface area contributed by atoms with Crippen LogP contribution in [0.15, 0.2) is 22.8 Å². The first kappa shape index (κ1) is 17.4. The van der Waals surface area contributed by atoms with Crippen LogP contribution in [0.2, 0.25) is 19.6 Å². The number of aliphatic hydroxyl groups excluding tert-OH is 1. The van der Waals surface area contributed by atoms with Crippen LogP contribution < -0.4 is 5.32 Å². The summed E-state index contributed by atoms with van der Waals surface area (Å²) < 4.78 is 5.98. The van der Waals surface area contributed by atoms with Gasteiger partial charge < -0.3 is 14.8 Å². The molecule has 0 fully saturated rings. The second kappa shape index (κ2) is 7.56. The van der Waals surface area contributed by atoms with Gasteiger partial charge in [0.2, 0.25) is 0 Å². The lowest BCUT2D eigenvalue weighted by atomic mass is 10.3. The summed E-state index contributed by atoms with van der Waals surface area (Å²) in [7, 11) is -1.55. The SMILES string of the molecule is CSc1ncc(CO)c(Nc2ccsc2CO[Si](C)(C)C)n1. The maximum absolute atomic E-state index is 9.45. The van der Waals surface area contributed by atoms with Gasteiger partial charge in [-0.3, -0.25) is 0 Å². The fourth-order valence-electron chi connectivity index (χ4n) is 1.69. The van der Waals surface area contributed by atoms with Crippen molar-refractivity contribution in [2.24, 2.45) is 0 Å². The minimum atomic E-state index is -1.55. The summed E-state index contributed by atoms with van der Waals surface area (Å²) in [5.74, 6) is 0.648. The van der Waals surface area contributed by atoms with Crippen LogP contribution >= 0.6 is 23.1 Å². The monoisotopic (exact) mass is 355 g/mol. The second-order valence-corrected chi connectivity index (χ2v) is 12.0. The summed E-state index contributed by atoms with van der Waals surface area (Å²) >= 11 is 3.13. The molecule has 0 unspecified atom stereocenters. The molecule has 0 aromatic carbocycles. The van der Waals surface area contributed by atoms with Crippen molar-refractivity contribution in [1.29, 1.82) is 0 Å². The number of hydrogen-bond donors (Lipinski definition) is 2. The molecular formula is C14H21N3O2S2Si. The lowest BCUT2D eigenvalue weighted by molar-refractivity contribution is 0.281. The van der Waals surface area contributed by atoms with Gasteiger partial charge >= 0.3 is 0 Å². The van der Waals surface area contributed by atoms with Crippen LogP contribution in [-0.2, 0) is 17.6 Å². The minimum absolute atomic E-state index is 0.0954. The molecule has 0 aliphatic carbocycles. The second-order valence-electron chi connectivity index (χ2n) is 5.67. The molecule has 5 nitrogen and oxygen atoms in total. The van der Waals surface area contributed by atoms with Gasteiger partial charge in [0.15, 0.2) is 13.5 Å². The zero-order valence-electron chi connectivity index (χ0n) is 13.2. The van der Waals surface area contributed by atoms with E-state index in [0.717, 1.165) is 10.6 Å². The first-order valence-corrected chi connectivity index (χ1v) is 12.4. The van der Waals surface area contributed by atoms with Gasteiger partial charge in [0.25, 0.3) is 0 Å². The third kappa shape index (κ3) is 4.78. The number of aromatic nitrogens is 2. The van der Waals surface area contributed by atoms with E-state index in [9.17, 15) is 5.11 Å². The Morgan fingerprint density at radius 2 is 2.18 bits per heavy atom. The largest absolute Gasteiger partial charge is 0.412 e. The number of thiophene rings is 1. The number of hydrogen-bond acceptors (Lipinski definition) is 7. The van der Waals surface area contributed by atoms with Crippen molar-refractivity contribution in [3.05, 3.63) is 28.1 Å². The molecule has 0 saturated carbocycles. The van der Waals surface area contributed by atoms with Crippen LogP contribution in [0.25, 0.3) is 0 Å². The Labute approximate surface area is 140 Å². The highest BCUT2D eigenvalue weighted by Crippen LogP contribution is 2.29. The van der Waals surface area contributed by atoms with Crippen LogP contribution in [0.3, 0.4) is 0 Å². The molecule has 2 aromatic rings. The van der Waals surface area contributed by atoms with E-state index < -0.39 is 8.32 Å². The van der Waals surface area contributed by atoms with Crippen LogP contribution in [0, 0.1) is 0 Å². The van der Waals surface area contributed by atoms with E-state index in [1.165, 1.54) is 11.8 Å². The topological polar surface area (TPSA) is 67.3 Å². The van der Waals surface area contributed by atoms with E-state index >= 15 is 0 Å². The summed E-state index contributed by atoms with van der Waals surface area (Å²) in [6.45, 7) is 7.03. The average molecular weight is 356 g/mol. The van der Waals surface area contributed by atoms with E-state index in [4.69, 9.17) is 4.43 Å². The molecule has 0 amide bonds. The van der Waals surface area contributed by atoms with Gasteiger partial charge in [0, 0.05) is 11.8 Å². The Kier molecular flexibility index (Phi) is 5.99. The Hall–Kier alpha value is -0.933. The molecule has 0 spiro atoms. The average Bonchev–Trinajstić information content (AvgIpc) is 2.91. The van der Waals surface area contributed by atoms with E-state index in [1.54, 1.807) is 17.5 Å². The quantitative estimate of drug-likeness (QED) is 0.447. The van der Waals surface area contributed by atoms with Gasteiger partial charge in [-0.2, -0.15) is 0 Å². The number of aliphatic hydroxyl groups is 1. The van der Waals surface area contributed by atoms with Crippen LogP contribution in [-0.4, -0.2) is 29.6 Å². The molecule has 2 rings (SSSR count). The molecule has 0 atom stereocenters. The lowest BCUT2D eigenvalue weighted by Gasteiger charge is -2.17. The standard InChI is InChI=1S/C14H21N3O2S2Si/c1-20-14-15-7-10(8-18)13(17-14)16-11-5-6-21-12(11)9-19-22(2,3)4/h5-7,18H,8-9H2,1-4H3,(H,15,16,17). The van der Waals surface area contributed by atoms with Crippen molar-refractivity contribution in [2.75, 3.05) is 11.6 Å². The number of anilines is 2. The molecule has 0 radical (unpaired) electrons. The van der Waals surface area contributed by atoms with E-state index in [-0.39, 0.29) is 6.61 Å². The Balaban J connectivity index is 2.19. The van der Waals surface area contributed by atoms with Gasteiger partial charge in [0.05, 0.1) is 23.8 Å². The van der Waals surface area contributed by atoms with Gasteiger partial charge in [-0.25, -0.2) is 9.97 Å². The molecular weight excluding hydrogens is 334 g/mol.